The van der Waals surface area contributed by atoms with Crippen LogP contribution in [0.3, 0.4) is 0 Å². The molecule has 2 aliphatic rings. The minimum absolute atomic E-state index is 0. The van der Waals surface area contributed by atoms with E-state index < -0.39 is 0 Å². The van der Waals surface area contributed by atoms with Crippen molar-refractivity contribution in [3.8, 4) is 5.75 Å². The van der Waals surface area contributed by atoms with Crippen LogP contribution in [0.4, 0.5) is 4.39 Å². The highest BCUT2D eigenvalue weighted by atomic mass is 35.5. The van der Waals surface area contributed by atoms with Crippen molar-refractivity contribution in [1.82, 2.24) is 10.2 Å². The molecule has 3 rings (SSSR count). The minimum atomic E-state index is -0.277. The van der Waals surface area contributed by atoms with Crippen LogP contribution >= 0.6 is 12.4 Å². The van der Waals surface area contributed by atoms with Gasteiger partial charge in [-0.2, -0.15) is 0 Å². The van der Waals surface area contributed by atoms with Gasteiger partial charge in [0.2, 0.25) is 0 Å². The Morgan fingerprint density at radius 2 is 2.15 bits per heavy atom. The van der Waals surface area contributed by atoms with Gasteiger partial charge in [-0.15, -0.1) is 12.4 Å². The van der Waals surface area contributed by atoms with Gasteiger partial charge in [-0.1, -0.05) is 12.1 Å². The summed E-state index contributed by atoms with van der Waals surface area (Å²) in [5, 5.41) is 3.46. The molecule has 1 aromatic carbocycles. The number of para-hydroxylation sites is 1. The first kappa shape index (κ1) is 15.5. The van der Waals surface area contributed by atoms with Crippen LogP contribution in [-0.4, -0.2) is 44.2 Å². The predicted molar refractivity (Wildman–Crippen MR) is 80.1 cm³/mol. The number of benzene rings is 1. The molecule has 20 heavy (non-hydrogen) atoms. The second-order valence-corrected chi connectivity index (χ2v) is 5.73. The number of nitrogens with one attached hydrogen (secondary N) is 1. The van der Waals surface area contributed by atoms with Crippen molar-refractivity contribution in [2.45, 2.75) is 12.8 Å². The summed E-state index contributed by atoms with van der Waals surface area (Å²) in [6.45, 7) is 6.04. The Kier molecular flexibility index (Phi) is 5.24. The summed E-state index contributed by atoms with van der Waals surface area (Å²) in [5.74, 6) is 0.0827. The fourth-order valence-electron chi connectivity index (χ4n) is 3.21. The minimum Gasteiger partial charge on any atom is -0.489 e. The van der Waals surface area contributed by atoms with Crippen LogP contribution in [0.2, 0.25) is 0 Å². The van der Waals surface area contributed by atoms with Crippen molar-refractivity contribution in [1.29, 1.82) is 0 Å². The van der Waals surface area contributed by atoms with Gasteiger partial charge in [-0.05, 0) is 43.5 Å². The Morgan fingerprint density at radius 1 is 1.30 bits per heavy atom. The molecule has 1 N–H and O–H groups in total. The molecule has 1 spiro atoms. The molecule has 3 nitrogen and oxygen atoms in total. The third kappa shape index (κ3) is 3.43. The largest absolute Gasteiger partial charge is 0.489 e. The molecule has 0 radical (unpaired) electrons. The van der Waals surface area contributed by atoms with E-state index in [1.165, 1.54) is 18.9 Å². The fourth-order valence-corrected chi connectivity index (χ4v) is 3.21. The molecule has 112 valence electrons. The lowest BCUT2D eigenvalue weighted by atomic mass is 9.87. The monoisotopic (exact) mass is 300 g/mol. The Bertz CT molecular complexity index is 438. The molecule has 2 aliphatic heterocycles. The standard InChI is InChI=1S/C15H21FN2O.ClH/c16-13-3-1-2-4-14(13)19-10-9-18-8-6-15(12-18)5-7-17-11-15;/h1-4,17H,5-12H2;1H. The van der Waals surface area contributed by atoms with Gasteiger partial charge >= 0.3 is 0 Å². The lowest BCUT2D eigenvalue weighted by Gasteiger charge is -2.22. The van der Waals surface area contributed by atoms with Crippen molar-refractivity contribution in [2.24, 2.45) is 5.41 Å². The summed E-state index contributed by atoms with van der Waals surface area (Å²) in [6, 6.07) is 6.60. The number of ether oxygens (including phenoxy) is 1. The van der Waals surface area contributed by atoms with Gasteiger partial charge in [-0.25, -0.2) is 4.39 Å². The van der Waals surface area contributed by atoms with Crippen LogP contribution in [0.1, 0.15) is 12.8 Å². The SMILES string of the molecule is Cl.Fc1ccccc1OCCN1CCC2(CCNC2)C1. The van der Waals surface area contributed by atoms with Crippen LogP contribution < -0.4 is 10.1 Å². The Morgan fingerprint density at radius 3 is 2.90 bits per heavy atom. The van der Waals surface area contributed by atoms with E-state index in [1.54, 1.807) is 18.2 Å². The van der Waals surface area contributed by atoms with Crippen LogP contribution in [0.15, 0.2) is 24.3 Å². The smallest absolute Gasteiger partial charge is 0.165 e. The number of nitrogens with zero attached hydrogens (tertiary/aromatic N) is 1. The van der Waals surface area contributed by atoms with E-state index >= 15 is 0 Å². The number of halogens is 2. The Labute approximate surface area is 125 Å². The molecule has 0 aromatic heterocycles. The molecule has 2 heterocycles. The molecular formula is C15H22ClFN2O. The van der Waals surface area contributed by atoms with Gasteiger partial charge in [0.05, 0.1) is 0 Å². The van der Waals surface area contributed by atoms with Crippen LogP contribution in [0.5, 0.6) is 5.75 Å². The molecule has 1 aromatic rings. The Hall–Kier alpha value is -0.840. The summed E-state index contributed by atoms with van der Waals surface area (Å²) in [6.07, 6.45) is 2.57. The molecule has 0 saturated carbocycles. The zero-order chi connectivity index (χ0) is 13.1. The van der Waals surface area contributed by atoms with Gasteiger partial charge in [0.1, 0.15) is 6.61 Å². The molecule has 2 fully saturated rings. The Balaban J connectivity index is 0.00000147. The second-order valence-electron chi connectivity index (χ2n) is 5.73. The first-order chi connectivity index (χ1) is 9.27. The number of rotatable bonds is 4. The van der Waals surface area contributed by atoms with E-state index in [0.29, 0.717) is 17.8 Å². The van der Waals surface area contributed by atoms with Crippen LogP contribution in [-0.2, 0) is 0 Å². The normalized spacial score (nSPS) is 25.9. The zero-order valence-corrected chi connectivity index (χ0v) is 12.4. The van der Waals surface area contributed by atoms with E-state index in [1.807, 2.05) is 0 Å². The topological polar surface area (TPSA) is 24.5 Å². The first-order valence-corrected chi connectivity index (χ1v) is 7.08. The van der Waals surface area contributed by atoms with E-state index in [9.17, 15) is 4.39 Å². The third-order valence-corrected chi connectivity index (χ3v) is 4.35. The summed E-state index contributed by atoms with van der Waals surface area (Å²) >= 11 is 0. The molecule has 0 aliphatic carbocycles. The highest BCUT2D eigenvalue weighted by Crippen LogP contribution is 2.35. The van der Waals surface area contributed by atoms with Crippen molar-refractivity contribution in [2.75, 3.05) is 39.3 Å². The zero-order valence-electron chi connectivity index (χ0n) is 11.6. The quantitative estimate of drug-likeness (QED) is 0.923. The third-order valence-electron chi connectivity index (χ3n) is 4.35. The van der Waals surface area contributed by atoms with Crippen molar-refractivity contribution < 1.29 is 9.13 Å². The molecule has 5 heteroatoms. The van der Waals surface area contributed by atoms with Gasteiger partial charge in [0, 0.05) is 19.6 Å². The van der Waals surface area contributed by atoms with Gasteiger partial charge in [0.25, 0.3) is 0 Å². The van der Waals surface area contributed by atoms with Gasteiger partial charge in [0.15, 0.2) is 11.6 Å². The molecule has 0 bridgehead atoms. The molecule has 1 unspecified atom stereocenters. The van der Waals surface area contributed by atoms with Crippen molar-refractivity contribution in [3.05, 3.63) is 30.1 Å². The highest BCUT2D eigenvalue weighted by Gasteiger charge is 2.39. The van der Waals surface area contributed by atoms with Gasteiger partial charge < -0.3 is 10.1 Å². The van der Waals surface area contributed by atoms with E-state index in [4.69, 9.17) is 4.74 Å². The average molecular weight is 301 g/mol. The maximum Gasteiger partial charge on any atom is 0.165 e. The van der Waals surface area contributed by atoms with Gasteiger partial charge in [-0.3, -0.25) is 4.90 Å². The molecular weight excluding hydrogens is 279 g/mol. The highest BCUT2D eigenvalue weighted by molar-refractivity contribution is 5.85. The maximum atomic E-state index is 13.4. The second kappa shape index (κ2) is 6.74. The van der Waals surface area contributed by atoms with Crippen molar-refractivity contribution >= 4 is 12.4 Å². The van der Waals surface area contributed by atoms with E-state index in [2.05, 4.69) is 10.2 Å². The lowest BCUT2D eigenvalue weighted by molar-refractivity contribution is 0.213. The number of hydrogen-bond acceptors (Lipinski definition) is 3. The summed E-state index contributed by atoms with van der Waals surface area (Å²) in [7, 11) is 0. The molecule has 1 atom stereocenters. The number of likely N-dealkylation sites (tertiary alicyclic amines) is 1. The molecule has 0 amide bonds. The summed E-state index contributed by atoms with van der Waals surface area (Å²) < 4.78 is 18.9. The molecule has 2 saturated heterocycles. The number of hydrogen-bond donors (Lipinski definition) is 1. The predicted octanol–water partition coefficient (Wildman–Crippen LogP) is 2.31. The van der Waals surface area contributed by atoms with Crippen molar-refractivity contribution in [3.63, 3.8) is 0 Å². The average Bonchev–Trinajstić information content (AvgIpc) is 3.03. The first-order valence-electron chi connectivity index (χ1n) is 7.08. The van der Waals surface area contributed by atoms with E-state index in [0.717, 1.165) is 32.7 Å². The van der Waals surface area contributed by atoms with Crippen LogP contribution in [0.25, 0.3) is 0 Å². The lowest BCUT2D eigenvalue weighted by Crippen LogP contribution is -2.31. The van der Waals surface area contributed by atoms with E-state index in [-0.39, 0.29) is 18.2 Å². The fraction of sp³-hybridized carbons (Fsp3) is 0.600. The summed E-state index contributed by atoms with van der Waals surface area (Å²) in [4.78, 5) is 2.44. The maximum absolute atomic E-state index is 13.4. The summed E-state index contributed by atoms with van der Waals surface area (Å²) in [5.41, 5.74) is 0.498. The van der Waals surface area contributed by atoms with Crippen LogP contribution in [0, 0.1) is 11.2 Å².